The third-order valence-electron chi connectivity index (χ3n) is 4.24. The van der Waals surface area contributed by atoms with Gasteiger partial charge in [-0.25, -0.2) is 4.79 Å². The first kappa shape index (κ1) is 21.5. The maximum absolute atomic E-state index is 10.6. The van der Waals surface area contributed by atoms with E-state index in [1.165, 1.54) is 11.8 Å². The number of carbonyl (C=O) groups is 1. The van der Waals surface area contributed by atoms with Crippen LogP contribution in [-0.2, 0) is 19.0 Å². The summed E-state index contributed by atoms with van der Waals surface area (Å²) in [6.45, 7) is 4.76. The number of carboxylic acid groups (broad SMARTS) is 1. The predicted octanol–water partition coefficient (Wildman–Crippen LogP) is 4.35. The van der Waals surface area contributed by atoms with Gasteiger partial charge >= 0.3 is 12.1 Å². The minimum Gasteiger partial charge on any atom is -0.450 e. The highest BCUT2D eigenvalue weighted by atomic mass is 32.2. The highest BCUT2D eigenvalue weighted by Crippen LogP contribution is 2.25. The van der Waals surface area contributed by atoms with Crippen LogP contribution in [0.4, 0.5) is 4.79 Å². The van der Waals surface area contributed by atoms with Gasteiger partial charge in [0.2, 0.25) is 0 Å². The second-order valence-electron chi connectivity index (χ2n) is 6.45. The van der Waals surface area contributed by atoms with Crippen molar-refractivity contribution < 1.29 is 28.9 Å². The molecule has 150 valence electrons. The molecule has 1 aromatic carbocycles. The van der Waals surface area contributed by atoms with E-state index in [1.807, 2.05) is 25.3 Å². The monoisotopic (exact) mass is 397 g/mol. The molecule has 0 aliphatic carbocycles. The van der Waals surface area contributed by atoms with Gasteiger partial charge in [-0.05, 0) is 50.1 Å². The Morgan fingerprint density at radius 1 is 1.30 bits per heavy atom. The molecule has 2 rings (SSSR count). The maximum Gasteiger partial charge on any atom is 0.510 e. The molecule has 0 unspecified atom stereocenters. The molecule has 0 spiro atoms. The summed E-state index contributed by atoms with van der Waals surface area (Å²) < 4.78 is 15.4. The SMILES string of the molecule is CSc1ccc(C(C)=NOCCCCC2COC(C)(OC(=O)O)OC2)cc1. The van der Waals surface area contributed by atoms with E-state index in [0.29, 0.717) is 19.8 Å². The molecule has 1 aliphatic heterocycles. The molecule has 1 aromatic rings. The number of hydrogen-bond donors (Lipinski definition) is 1. The lowest BCUT2D eigenvalue weighted by molar-refractivity contribution is -0.379. The third kappa shape index (κ3) is 7.40. The standard InChI is InChI=1S/C19H27NO6S/c1-14(16-7-9-17(27-3)10-8-16)20-25-11-5-4-6-15-12-23-19(2,24-13-15)26-18(21)22/h7-10,15H,4-6,11-13H2,1-3H3,(H,21,22). The minimum atomic E-state index is -1.49. The summed E-state index contributed by atoms with van der Waals surface area (Å²) in [4.78, 5) is 17.2. The Kier molecular flexibility index (Phi) is 8.40. The van der Waals surface area contributed by atoms with Crippen LogP contribution in [-0.4, -0.2) is 49.0 Å². The fraction of sp³-hybridized carbons (Fsp3) is 0.579. The Balaban J connectivity index is 1.60. The van der Waals surface area contributed by atoms with Crippen LogP contribution in [0.25, 0.3) is 0 Å². The quantitative estimate of drug-likeness (QED) is 0.218. The molecular weight excluding hydrogens is 370 g/mol. The molecule has 1 saturated heterocycles. The summed E-state index contributed by atoms with van der Waals surface area (Å²) in [5.41, 5.74) is 1.91. The molecule has 0 aromatic heterocycles. The van der Waals surface area contributed by atoms with E-state index in [2.05, 4.69) is 22.0 Å². The van der Waals surface area contributed by atoms with Crippen molar-refractivity contribution in [3.63, 3.8) is 0 Å². The molecule has 1 fully saturated rings. The zero-order chi connectivity index (χ0) is 19.7. The molecule has 1 aliphatic rings. The van der Waals surface area contributed by atoms with Crippen molar-refractivity contribution in [3.05, 3.63) is 29.8 Å². The number of unbranched alkanes of at least 4 members (excludes halogenated alkanes) is 1. The summed E-state index contributed by atoms with van der Waals surface area (Å²) in [7, 11) is 0. The van der Waals surface area contributed by atoms with E-state index in [-0.39, 0.29) is 5.92 Å². The molecule has 0 atom stereocenters. The third-order valence-corrected chi connectivity index (χ3v) is 4.99. The average molecular weight is 397 g/mol. The fourth-order valence-corrected chi connectivity index (χ4v) is 3.05. The zero-order valence-corrected chi connectivity index (χ0v) is 16.8. The molecule has 0 radical (unpaired) electrons. The summed E-state index contributed by atoms with van der Waals surface area (Å²) in [6, 6.07) is 8.22. The Bertz CT molecular complexity index is 626. The summed E-state index contributed by atoms with van der Waals surface area (Å²) in [6.07, 6.45) is 3.37. The van der Waals surface area contributed by atoms with E-state index in [1.54, 1.807) is 11.8 Å². The molecule has 0 amide bonds. The maximum atomic E-state index is 10.6. The van der Waals surface area contributed by atoms with Crippen LogP contribution in [0, 0.1) is 5.92 Å². The number of benzene rings is 1. The Labute approximate surface area is 164 Å². The second-order valence-corrected chi connectivity index (χ2v) is 7.33. The van der Waals surface area contributed by atoms with Gasteiger partial charge in [0.15, 0.2) is 0 Å². The van der Waals surface area contributed by atoms with E-state index in [0.717, 1.165) is 30.5 Å². The van der Waals surface area contributed by atoms with Gasteiger partial charge in [-0.3, -0.25) is 0 Å². The topological polar surface area (TPSA) is 86.6 Å². The van der Waals surface area contributed by atoms with Crippen LogP contribution >= 0.6 is 11.8 Å². The van der Waals surface area contributed by atoms with Crippen LogP contribution in [0.2, 0.25) is 0 Å². The van der Waals surface area contributed by atoms with Crippen molar-refractivity contribution in [2.24, 2.45) is 11.1 Å². The molecule has 1 N–H and O–H groups in total. The predicted molar refractivity (Wildman–Crippen MR) is 103 cm³/mol. The molecule has 0 saturated carbocycles. The van der Waals surface area contributed by atoms with E-state index in [9.17, 15) is 4.79 Å². The van der Waals surface area contributed by atoms with Crippen LogP contribution in [0.5, 0.6) is 0 Å². The largest absolute Gasteiger partial charge is 0.510 e. The number of ether oxygens (including phenoxy) is 3. The first-order chi connectivity index (χ1) is 12.9. The van der Waals surface area contributed by atoms with E-state index in [4.69, 9.17) is 19.4 Å². The van der Waals surface area contributed by atoms with Crippen molar-refractivity contribution in [1.29, 1.82) is 0 Å². The van der Waals surface area contributed by atoms with Crippen molar-refractivity contribution in [2.75, 3.05) is 26.1 Å². The number of nitrogens with zero attached hydrogens (tertiary/aromatic N) is 1. The lowest BCUT2D eigenvalue weighted by atomic mass is 10.0. The molecule has 1 heterocycles. The highest BCUT2D eigenvalue weighted by Gasteiger charge is 2.36. The lowest BCUT2D eigenvalue weighted by Crippen LogP contribution is -2.45. The van der Waals surface area contributed by atoms with Gasteiger partial charge in [0.25, 0.3) is 0 Å². The molecule has 8 heteroatoms. The molecule has 27 heavy (non-hydrogen) atoms. The Morgan fingerprint density at radius 2 is 1.96 bits per heavy atom. The van der Waals surface area contributed by atoms with Crippen LogP contribution in [0.1, 0.15) is 38.7 Å². The van der Waals surface area contributed by atoms with Crippen LogP contribution < -0.4 is 0 Å². The van der Waals surface area contributed by atoms with Gasteiger partial charge in [0, 0.05) is 17.7 Å². The lowest BCUT2D eigenvalue weighted by Gasteiger charge is -2.35. The van der Waals surface area contributed by atoms with E-state index >= 15 is 0 Å². The van der Waals surface area contributed by atoms with Gasteiger partial charge in [0.1, 0.15) is 6.61 Å². The van der Waals surface area contributed by atoms with Crippen molar-refractivity contribution in [3.8, 4) is 0 Å². The number of thioether (sulfide) groups is 1. The van der Waals surface area contributed by atoms with Crippen LogP contribution in [0.15, 0.2) is 34.3 Å². The first-order valence-electron chi connectivity index (χ1n) is 8.92. The van der Waals surface area contributed by atoms with Gasteiger partial charge in [0.05, 0.1) is 18.9 Å². The fourth-order valence-electron chi connectivity index (χ4n) is 2.64. The van der Waals surface area contributed by atoms with Crippen molar-refractivity contribution in [2.45, 2.75) is 44.0 Å². The smallest absolute Gasteiger partial charge is 0.450 e. The summed E-state index contributed by atoms with van der Waals surface area (Å²) in [5.74, 6) is -1.28. The number of hydrogen-bond acceptors (Lipinski definition) is 7. The van der Waals surface area contributed by atoms with Gasteiger partial charge in [-0.2, -0.15) is 0 Å². The second kappa shape index (κ2) is 10.5. The average Bonchev–Trinajstić information content (AvgIpc) is 2.65. The van der Waals surface area contributed by atoms with Gasteiger partial charge in [-0.1, -0.05) is 17.3 Å². The molecule has 7 nitrogen and oxygen atoms in total. The van der Waals surface area contributed by atoms with Crippen molar-refractivity contribution in [1.82, 2.24) is 0 Å². The summed E-state index contributed by atoms with van der Waals surface area (Å²) >= 11 is 1.71. The Morgan fingerprint density at radius 3 is 2.56 bits per heavy atom. The molecular formula is C19H27NO6S. The Hall–Kier alpha value is -1.77. The first-order valence-corrected chi connectivity index (χ1v) is 10.1. The number of oxime groups is 1. The van der Waals surface area contributed by atoms with Gasteiger partial charge < -0.3 is 24.2 Å². The summed E-state index contributed by atoms with van der Waals surface area (Å²) in [5, 5.41) is 12.8. The normalized spacial score (nSPS) is 23.1. The van der Waals surface area contributed by atoms with Gasteiger partial charge in [-0.15, -0.1) is 11.8 Å². The van der Waals surface area contributed by atoms with Crippen molar-refractivity contribution >= 4 is 23.6 Å². The van der Waals surface area contributed by atoms with Crippen LogP contribution in [0.3, 0.4) is 0 Å². The minimum absolute atomic E-state index is 0.218. The zero-order valence-electron chi connectivity index (χ0n) is 16.0. The highest BCUT2D eigenvalue weighted by molar-refractivity contribution is 7.98. The number of rotatable bonds is 9. The molecule has 0 bridgehead atoms. The van der Waals surface area contributed by atoms with E-state index < -0.39 is 12.1 Å².